The lowest BCUT2D eigenvalue weighted by Gasteiger charge is -2.07. The molecule has 0 bridgehead atoms. The molecule has 6 rings (SSSR count). The SMILES string of the molecule is [C-]#[N+]C(C#N)=Nc1ccc(-c2cc3c(C)cc4c(cc(C)c5cc(-c6ccc(N=C(C#N)[N+]#[C-])s6)sc54)c3s2)s1. The van der Waals surface area contributed by atoms with Gasteiger partial charge in [0.2, 0.25) is 10.0 Å². The van der Waals surface area contributed by atoms with Crippen molar-refractivity contribution in [3.8, 4) is 31.6 Å². The first kappa shape index (κ1) is 25.6. The lowest BCUT2D eigenvalue weighted by Crippen LogP contribution is -1.81. The lowest BCUT2D eigenvalue weighted by atomic mass is 9.99. The first-order chi connectivity index (χ1) is 19.4. The molecule has 40 heavy (non-hydrogen) atoms. The maximum Gasteiger partial charge on any atom is 0.350 e. The Balaban J connectivity index is 1.48. The van der Waals surface area contributed by atoms with E-state index < -0.39 is 0 Å². The average Bonchev–Trinajstić information content (AvgIpc) is 3.76. The molecule has 0 N–H and O–H groups in total. The molecule has 188 valence electrons. The van der Waals surface area contributed by atoms with E-state index in [1.165, 1.54) is 64.7 Å². The molecule has 0 radical (unpaired) electrons. The van der Waals surface area contributed by atoms with Gasteiger partial charge in [0.1, 0.15) is 12.1 Å². The molecule has 4 aromatic heterocycles. The van der Waals surface area contributed by atoms with Crippen molar-refractivity contribution >= 4 is 98.0 Å². The molecule has 0 aliphatic rings. The third kappa shape index (κ3) is 4.36. The Hall–Kier alpha value is -4.68. The molecule has 0 fully saturated rings. The minimum atomic E-state index is -0.164. The highest BCUT2D eigenvalue weighted by molar-refractivity contribution is 7.29. The van der Waals surface area contributed by atoms with Crippen molar-refractivity contribution in [2.24, 2.45) is 9.98 Å². The number of aliphatic imine (C=N–C) groups is 2. The number of fused-ring (bicyclic) bond motifs is 5. The van der Waals surface area contributed by atoms with Crippen molar-refractivity contribution in [1.82, 2.24) is 0 Å². The van der Waals surface area contributed by atoms with E-state index >= 15 is 0 Å². The molecular formula is C30H14N6S4. The summed E-state index contributed by atoms with van der Waals surface area (Å²) in [6.07, 6.45) is 0. The normalized spacial score (nSPS) is 11.9. The molecule has 0 atom stereocenters. The average molecular weight is 587 g/mol. The summed E-state index contributed by atoms with van der Waals surface area (Å²) in [5, 5.41) is 24.2. The topological polar surface area (TPSA) is 81.0 Å². The molecule has 0 saturated heterocycles. The fourth-order valence-electron chi connectivity index (χ4n) is 4.53. The largest absolute Gasteiger partial charge is 0.351 e. The van der Waals surface area contributed by atoms with Crippen LogP contribution in [0.3, 0.4) is 0 Å². The first-order valence-electron chi connectivity index (χ1n) is 11.7. The van der Waals surface area contributed by atoms with Gasteiger partial charge in [0, 0.05) is 39.7 Å². The maximum absolute atomic E-state index is 9.04. The van der Waals surface area contributed by atoms with Crippen LogP contribution < -0.4 is 0 Å². The van der Waals surface area contributed by atoms with Crippen molar-refractivity contribution in [3.05, 3.63) is 82.5 Å². The number of benzene rings is 2. The molecule has 0 aliphatic heterocycles. The van der Waals surface area contributed by atoms with Crippen LogP contribution in [0.15, 0.2) is 58.5 Å². The smallest absolute Gasteiger partial charge is 0.350 e. The van der Waals surface area contributed by atoms with E-state index in [2.05, 4.69) is 57.8 Å². The summed E-state index contributed by atoms with van der Waals surface area (Å²) in [4.78, 5) is 19.0. The number of nitrogens with zero attached hydrogens (tertiary/aromatic N) is 6. The van der Waals surface area contributed by atoms with E-state index in [0.717, 1.165) is 19.5 Å². The highest BCUT2D eigenvalue weighted by atomic mass is 32.1. The standard InChI is InChI=1S/C30H14N6S4/c1-15-9-19-20(29-17(15)11-23(39-29)21-5-7-27(37-21)35-25(13-31)33-3)10-16(2)18-12-24(40-30(18)19)22-6-8-28(38-22)36-26(14-32)34-4/h5-12H,1-2H3. The number of nitriles is 2. The van der Waals surface area contributed by atoms with Crippen molar-refractivity contribution < 1.29 is 0 Å². The van der Waals surface area contributed by atoms with E-state index in [4.69, 9.17) is 23.7 Å². The Kier molecular flexibility index (Phi) is 6.48. The predicted molar refractivity (Wildman–Crippen MR) is 169 cm³/mol. The Morgan fingerprint density at radius 3 is 1.43 bits per heavy atom. The number of thiophene rings is 4. The van der Waals surface area contributed by atoms with Gasteiger partial charge in [0.15, 0.2) is 0 Å². The van der Waals surface area contributed by atoms with E-state index in [-0.39, 0.29) is 11.7 Å². The first-order valence-corrected chi connectivity index (χ1v) is 15.0. The van der Waals surface area contributed by atoms with Gasteiger partial charge in [0.05, 0.1) is 0 Å². The van der Waals surface area contributed by atoms with Crippen molar-refractivity contribution in [2.45, 2.75) is 13.8 Å². The van der Waals surface area contributed by atoms with E-state index in [1.807, 2.05) is 36.4 Å². The van der Waals surface area contributed by atoms with E-state index in [1.54, 1.807) is 22.7 Å². The second-order valence-corrected chi connectivity index (χ2v) is 13.0. The monoisotopic (exact) mass is 586 g/mol. The Morgan fingerprint density at radius 1 is 0.625 bits per heavy atom. The zero-order valence-corrected chi connectivity index (χ0v) is 24.2. The molecule has 0 spiro atoms. The van der Waals surface area contributed by atoms with Crippen LogP contribution in [0.25, 0.3) is 60.1 Å². The zero-order valence-electron chi connectivity index (χ0n) is 20.9. The summed E-state index contributed by atoms with van der Waals surface area (Å²) in [5.41, 5.74) is 2.41. The molecule has 0 aliphatic carbocycles. The third-order valence-electron chi connectivity index (χ3n) is 6.33. The van der Waals surface area contributed by atoms with Gasteiger partial charge in [-0.05, 0) is 84.3 Å². The van der Waals surface area contributed by atoms with Crippen LogP contribution in [-0.2, 0) is 0 Å². The number of aryl methyl sites for hydroxylation is 2. The number of hydrogen-bond donors (Lipinski definition) is 0. The van der Waals surface area contributed by atoms with Gasteiger partial charge in [-0.3, -0.25) is 0 Å². The molecule has 0 unspecified atom stereocenters. The summed E-state index contributed by atoms with van der Waals surface area (Å²) >= 11 is 6.45. The van der Waals surface area contributed by atoms with E-state index in [0.29, 0.717) is 10.0 Å². The zero-order chi connectivity index (χ0) is 28.0. The van der Waals surface area contributed by atoms with Crippen LogP contribution in [0.5, 0.6) is 0 Å². The molecular weight excluding hydrogens is 573 g/mol. The van der Waals surface area contributed by atoms with Crippen LogP contribution in [-0.4, -0.2) is 11.7 Å². The van der Waals surface area contributed by atoms with Gasteiger partial charge in [-0.25, -0.2) is 10.5 Å². The number of amidine groups is 2. The van der Waals surface area contributed by atoms with E-state index in [9.17, 15) is 0 Å². The third-order valence-corrected chi connectivity index (χ3v) is 11.0. The number of hydrogen-bond acceptors (Lipinski definition) is 8. The molecule has 0 amide bonds. The Morgan fingerprint density at radius 2 is 1.05 bits per heavy atom. The van der Waals surface area contributed by atoms with Crippen molar-refractivity contribution in [1.29, 1.82) is 10.5 Å². The second kappa shape index (κ2) is 10.1. The fraction of sp³-hybridized carbons (Fsp3) is 0.0667. The van der Waals surface area contributed by atoms with Crippen molar-refractivity contribution in [3.63, 3.8) is 0 Å². The lowest BCUT2D eigenvalue weighted by molar-refractivity contribution is 1.53. The summed E-state index contributed by atoms with van der Waals surface area (Å²) in [7, 11) is 0. The quantitative estimate of drug-likeness (QED) is 0.117. The molecule has 4 heterocycles. The highest BCUT2D eigenvalue weighted by Gasteiger charge is 2.18. The van der Waals surface area contributed by atoms with Gasteiger partial charge in [0.25, 0.3) is 0 Å². The summed E-state index contributed by atoms with van der Waals surface area (Å²) in [5.74, 6) is -0.327. The highest BCUT2D eigenvalue weighted by Crippen LogP contribution is 2.47. The summed E-state index contributed by atoms with van der Waals surface area (Å²) < 4.78 is 2.47. The van der Waals surface area contributed by atoms with Gasteiger partial charge in [-0.15, -0.1) is 22.7 Å². The molecule has 10 heteroatoms. The Bertz CT molecular complexity index is 2050. The summed E-state index contributed by atoms with van der Waals surface area (Å²) in [6, 6.07) is 20.3. The van der Waals surface area contributed by atoms with Gasteiger partial charge < -0.3 is 9.69 Å². The van der Waals surface area contributed by atoms with Gasteiger partial charge in [-0.1, -0.05) is 45.8 Å². The van der Waals surface area contributed by atoms with Crippen LogP contribution in [0.2, 0.25) is 0 Å². The van der Waals surface area contributed by atoms with Crippen LogP contribution >= 0.6 is 45.3 Å². The van der Waals surface area contributed by atoms with Crippen LogP contribution in [0.4, 0.5) is 10.0 Å². The minimum absolute atomic E-state index is 0.164. The maximum atomic E-state index is 9.04. The fourth-order valence-corrected chi connectivity index (χ4v) is 8.96. The van der Waals surface area contributed by atoms with Crippen LogP contribution in [0, 0.1) is 49.7 Å². The molecule has 6 nitrogen and oxygen atoms in total. The predicted octanol–water partition coefficient (Wildman–Crippen LogP) is 10.3. The Labute approximate surface area is 245 Å². The molecule has 6 aromatic rings. The number of rotatable bonds is 4. The van der Waals surface area contributed by atoms with Gasteiger partial charge >= 0.3 is 11.7 Å². The van der Waals surface area contributed by atoms with Crippen molar-refractivity contribution in [2.75, 3.05) is 0 Å². The second-order valence-electron chi connectivity index (χ2n) is 8.78. The minimum Gasteiger partial charge on any atom is -0.351 e. The van der Waals surface area contributed by atoms with Gasteiger partial charge in [-0.2, -0.15) is 0 Å². The van der Waals surface area contributed by atoms with Crippen LogP contribution in [0.1, 0.15) is 11.1 Å². The molecule has 2 aromatic carbocycles. The summed E-state index contributed by atoms with van der Waals surface area (Å²) in [6.45, 7) is 18.4. The molecule has 0 saturated carbocycles.